The quantitative estimate of drug-likeness (QED) is 0.502. The monoisotopic (exact) mass is 266 g/mol. The third kappa shape index (κ3) is 1.80. The molecule has 0 unspecified atom stereocenters. The summed E-state index contributed by atoms with van der Waals surface area (Å²) in [5.74, 6) is -0.325. The lowest BCUT2D eigenvalue weighted by Gasteiger charge is -2.00. The Morgan fingerprint density at radius 3 is 2.35 bits per heavy atom. The van der Waals surface area contributed by atoms with Gasteiger partial charge in [-0.1, -0.05) is 24.3 Å². The van der Waals surface area contributed by atoms with Crippen molar-refractivity contribution < 1.29 is 9.72 Å². The summed E-state index contributed by atoms with van der Waals surface area (Å²) in [6.45, 7) is 1.37. The fourth-order valence-electron chi connectivity index (χ4n) is 2.42. The van der Waals surface area contributed by atoms with Crippen LogP contribution in [0.25, 0.3) is 11.1 Å². The predicted molar refractivity (Wildman–Crippen MR) is 74.9 cm³/mol. The van der Waals surface area contributed by atoms with Crippen LogP contribution in [-0.2, 0) is 4.79 Å². The zero-order valence-electron chi connectivity index (χ0n) is 10.7. The van der Waals surface area contributed by atoms with Crippen molar-refractivity contribution in [2.45, 2.75) is 6.92 Å². The molecule has 0 N–H and O–H groups in total. The Morgan fingerprint density at radius 1 is 1.05 bits per heavy atom. The summed E-state index contributed by atoms with van der Waals surface area (Å²) in [7, 11) is 0. The molecule has 0 saturated carbocycles. The van der Waals surface area contributed by atoms with Crippen LogP contribution in [0.2, 0.25) is 0 Å². The van der Waals surface area contributed by atoms with Crippen LogP contribution in [-0.4, -0.2) is 16.5 Å². The first-order valence-electron chi connectivity index (χ1n) is 6.06. The SMILES string of the molecule is CC(=O)N=C1c2ccccc2-c2ccc([N+](=O)[O-])cc21. The molecule has 5 nitrogen and oxygen atoms in total. The van der Waals surface area contributed by atoms with Crippen molar-refractivity contribution >= 4 is 17.3 Å². The van der Waals surface area contributed by atoms with E-state index >= 15 is 0 Å². The highest BCUT2D eigenvalue weighted by Gasteiger charge is 2.26. The molecule has 3 rings (SSSR count). The molecule has 98 valence electrons. The highest BCUT2D eigenvalue weighted by atomic mass is 16.6. The first kappa shape index (κ1) is 12.2. The van der Waals surface area contributed by atoms with E-state index in [-0.39, 0.29) is 11.6 Å². The molecule has 1 aliphatic carbocycles. The van der Waals surface area contributed by atoms with Crippen LogP contribution < -0.4 is 0 Å². The lowest BCUT2D eigenvalue weighted by atomic mass is 10.1. The van der Waals surface area contributed by atoms with Crippen LogP contribution in [0, 0.1) is 10.1 Å². The maximum atomic E-state index is 11.3. The van der Waals surface area contributed by atoms with E-state index in [2.05, 4.69) is 4.99 Å². The van der Waals surface area contributed by atoms with Gasteiger partial charge >= 0.3 is 0 Å². The standard InChI is InChI=1S/C15H10N2O3/c1-9(18)16-15-13-5-3-2-4-11(13)12-7-6-10(17(19)20)8-14(12)15/h2-8H,1H3. The van der Waals surface area contributed by atoms with Crippen molar-refractivity contribution in [1.82, 2.24) is 0 Å². The van der Waals surface area contributed by atoms with Gasteiger partial charge in [0.05, 0.1) is 10.6 Å². The minimum Gasteiger partial charge on any atom is -0.273 e. The third-order valence-corrected chi connectivity index (χ3v) is 3.21. The number of nitro groups is 1. The molecule has 0 spiro atoms. The molecular formula is C15H10N2O3. The van der Waals surface area contributed by atoms with Crippen molar-refractivity contribution in [2.24, 2.45) is 4.99 Å². The Kier molecular flexibility index (Phi) is 2.68. The zero-order valence-corrected chi connectivity index (χ0v) is 10.7. The van der Waals surface area contributed by atoms with E-state index in [0.29, 0.717) is 11.3 Å². The number of nitrogens with zero attached hydrogens (tertiary/aromatic N) is 2. The zero-order chi connectivity index (χ0) is 14.3. The second-order valence-electron chi connectivity index (χ2n) is 4.51. The topological polar surface area (TPSA) is 72.6 Å². The Morgan fingerprint density at radius 2 is 1.70 bits per heavy atom. The normalized spacial score (nSPS) is 13.9. The minimum absolute atomic E-state index is 0.00666. The molecule has 0 heterocycles. The van der Waals surface area contributed by atoms with E-state index in [0.717, 1.165) is 16.7 Å². The minimum atomic E-state index is -0.450. The predicted octanol–water partition coefficient (Wildman–Crippen LogP) is 2.96. The van der Waals surface area contributed by atoms with Gasteiger partial charge in [0.2, 0.25) is 5.91 Å². The third-order valence-electron chi connectivity index (χ3n) is 3.21. The number of non-ortho nitro benzene ring substituents is 1. The van der Waals surface area contributed by atoms with E-state index in [1.807, 2.05) is 24.3 Å². The number of fused-ring (bicyclic) bond motifs is 3. The van der Waals surface area contributed by atoms with Crippen LogP contribution in [0.5, 0.6) is 0 Å². The van der Waals surface area contributed by atoms with Gasteiger partial charge in [0.1, 0.15) is 0 Å². The van der Waals surface area contributed by atoms with Crippen LogP contribution in [0.15, 0.2) is 47.5 Å². The molecule has 5 heteroatoms. The molecule has 20 heavy (non-hydrogen) atoms. The maximum absolute atomic E-state index is 11.3. The maximum Gasteiger partial charge on any atom is 0.270 e. The summed E-state index contributed by atoms with van der Waals surface area (Å²) < 4.78 is 0. The number of carbonyl (C=O) groups excluding carboxylic acids is 1. The van der Waals surface area contributed by atoms with Gasteiger partial charge < -0.3 is 0 Å². The Bertz CT molecular complexity index is 778. The number of benzene rings is 2. The van der Waals surface area contributed by atoms with Crippen LogP contribution in [0.4, 0.5) is 5.69 Å². The van der Waals surface area contributed by atoms with E-state index in [4.69, 9.17) is 0 Å². The largest absolute Gasteiger partial charge is 0.273 e. The molecule has 2 aromatic carbocycles. The Hall–Kier alpha value is -2.82. The summed E-state index contributed by atoms with van der Waals surface area (Å²) in [5, 5.41) is 10.9. The fourth-order valence-corrected chi connectivity index (χ4v) is 2.42. The average Bonchev–Trinajstić information content (AvgIpc) is 2.73. The van der Waals surface area contributed by atoms with Gasteiger partial charge in [-0.05, 0) is 17.2 Å². The van der Waals surface area contributed by atoms with Crippen molar-refractivity contribution in [3.05, 3.63) is 63.7 Å². The van der Waals surface area contributed by atoms with Crippen molar-refractivity contribution in [1.29, 1.82) is 0 Å². The Labute approximate surface area is 114 Å². The fraction of sp³-hybridized carbons (Fsp3) is 0.0667. The van der Waals surface area contributed by atoms with Gasteiger partial charge in [0.25, 0.3) is 5.69 Å². The van der Waals surface area contributed by atoms with Crippen molar-refractivity contribution in [3.63, 3.8) is 0 Å². The summed E-state index contributed by atoms with van der Waals surface area (Å²) >= 11 is 0. The summed E-state index contributed by atoms with van der Waals surface area (Å²) in [5.41, 5.74) is 3.78. The average molecular weight is 266 g/mol. The first-order valence-corrected chi connectivity index (χ1v) is 6.06. The van der Waals surface area contributed by atoms with Crippen molar-refractivity contribution in [2.75, 3.05) is 0 Å². The molecule has 0 aliphatic heterocycles. The lowest BCUT2D eigenvalue weighted by Crippen LogP contribution is -2.02. The summed E-state index contributed by atoms with van der Waals surface area (Å²) in [6.07, 6.45) is 0. The van der Waals surface area contributed by atoms with Gasteiger partial charge in [-0.15, -0.1) is 0 Å². The number of hydrogen-bond acceptors (Lipinski definition) is 3. The van der Waals surface area contributed by atoms with E-state index in [1.165, 1.54) is 19.1 Å². The molecule has 1 amide bonds. The molecule has 0 atom stereocenters. The van der Waals surface area contributed by atoms with Crippen molar-refractivity contribution in [3.8, 4) is 11.1 Å². The van der Waals surface area contributed by atoms with Gasteiger partial charge in [-0.2, -0.15) is 0 Å². The number of amides is 1. The number of hydrogen-bond donors (Lipinski definition) is 0. The van der Waals surface area contributed by atoms with Gasteiger partial charge in [-0.3, -0.25) is 14.9 Å². The molecule has 1 aliphatic rings. The van der Waals surface area contributed by atoms with Gasteiger partial charge in [-0.25, -0.2) is 4.99 Å². The molecule has 0 fully saturated rings. The summed E-state index contributed by atoms with van der Waals surface area (Å²) in [4.78, 5) is 25.8. The highest BCUT2D eigenvalue weighted by Crippen LogP contribution is 2.38. The van der Waals surface area contributed by atoms with Gasteiger partial charge in [0, 0.05) is 30.2 Å². The molecule has 0 bridgehead atoms. The van der Waals surface area contributed by atoms with E-state index in [9.17, 15) is 14.9 Å². The van der Waals surface area contributed by atoms with Crippen LogP contribution in [0.3, 0.4) is 0 Å². The lowest BCUT2D eigenvalue weighted by molar-refractivity contribution is -0.384. The molecule has 2 aromatic rings. The molecule has 0 aromatic heterocycles. The molecular weight excluding hydrogens is 256 g/mol. The number of aliphatic imine (C=N–C) groups is 1. The number of nitro benzene ring substituents is 1. The molecule has 0 saturated heterocycles. The number of rotatable bonds is 1. The second-order valence-corrected chi connectivity index (χ2v) is 4.51. The highest BCUT2D eigenvalue weighted by molar-refractivity contribution is 6.26. The Balaban J connectivity index is 2.31. The van der Waals surface area contributed by atoms with Crippen LogP contribution >= 0.6 is 0 Å². The smallest absolute Gasteiger partial charge is 0.270 e. The van der Waals surface area contributed by atoms with Crippen LogP contribution in [0.1, 0.15) is 18.1 Å². The second kappa shape index (κ2) is 4.38. The molecule has 0 radical (unpaired) electrons. The number of carbonyl (C=O) groups is 1. The van der Waals surface area contributed by atoms with Gasteiger partial charge in [0.15, 0.2) is 0 Å². The summed E-state index contributed by atoms with van der Waals surface area (Å²) in [6, 6.07) is 12.2. The first-order chi connectivity index (χ1) is 9.58. The van der Waals surface area contributed by atoms with E-state index in [1.54, 1.807) is 6.07 Å². The van der Waals surface area contributed by atoms with E-state index < -0.39 is 4.92 Å².